The second-order valence-electron chi connectivity index (χ2n) is 5.86. The van der Waals surface area contributed by atoms with Gasteiger partial charge in [0.1, 0.15) is 5.82 Å². The van der Waals surface area contributed by atoms with E-state index in [1.54, 1.807) is 13.0 Å². The summed E-state index contributed by atoms with van der Waals surface area (Å²) >= 11 is 0. The van der Waals surface area contributed by atoms with Crippen molar-refractivity contribution in [2.45, 2.75) is 19.0 Å². The van der Waals surface area contributed by atoms with Crippen LogP contribution < -0.4 is 10.7 Å². The lowest BCUT2D eigenvalue weighted by Gasteiger charge is -2.42. The first-order valence-electron chi connectivity index (χ1n) is 7.53. The first-order chi connectivity index (χ1) is 10.7. The second kappa shape index (κ2) is 5.14. The summed E-state index contributed by atoms with van der Waals surface area (Å²) in [6, 6.07) is 5.81. The number of aryl methyl sites for hydroxylation is 1. The van der Waals surface area contributed by atoms with Gasteiger partial charge in [0, 0.05) is 12.7 Å². The molecule has 4 rings (SSSR count). The highest BCUT2D eigenvalue weighted by Gasteiger charge is 2.28. The summed E-state index contributed by atoms with van der Waals surface area (Å²) in [6.45, 7) is 2.78. The highest BCUT2D eigenvalue weighted by molar-refractivity contribution is 5.51. The average Bonchev–Trinajstić information content (AvgIpc) is 2.51. The Bertz CT molecular complexity index is 730. The summed E-state index contributed by atoms with van der Waals surface area (Å²) in [5.41, 5.74) is 7.44. The first-order valence-corrected chi connectivity index (χ1v) is 7.53. The zero-order chi connectivity index (χ0) is 15.1. The molecule has 0 bridgehead atoms. The van der Waals surface area contributed by atoms with Crippen LogP contribution in [0.1, 0.15) is 17.2 Å². The van der Waals surface area contributed by atoms with E-state index in [4.69, 9.17) is 0 Å². The Kier molecular flexibility index (Phi) is 3.12. The molecular formula is C18H18FN3. The van der Waals surface area contributed by atoms with Gasteiger partial charge in [0.25, 0.3) is 0 Å². The third-order valence-corrected chi connectivity index (χ3v) is 4.42. The number of fused-ring (bicyclic) bond motifs is 1. The van der Waals surface area contributed by atoms with Crippen LogP contribution in [0.15, 0.2) is 66.0 Å². The van der Waals surface area contributed by atoms with Gasteiger partial charge < -0.3 is 10.3 Å². The van der Waals surface area contributed by atoms with E-state index in [1.807, 2.05) is 24.4 Å². The zero-order valence-electron chi connectivity index (χ0n) is 12.4. The number of nitrogens with one attached hydrogen (secondary N) is 2. The van der Waals surface area contributed by atoms with E-state index in [2.05, 4.69) is 40.2 Å². The van der Waals surface area contributed by atoms with Crippen LogP contribution in [0.2, 0.25) is 0 Å². The van der Waals surface area contributed by atoms with Gasteiger partial charge in [-0.1, -0.05) is 24.3 Å². The van der Waals surface area contributed by atoms with Crippen LogP contribution >= 0.6 is 0 Å². The maximum atomic E-state index is 13.5. The Morgan fingerprint density at radius 3 is 2.95 bits per heavy atom. The van der Waals surface area contributed by atoms with Gasteiger partial charge in [0.2, 0.25) is 0 Å². The van der Waals surface area contributed by atoms with Crippen LogP contribution in [-0.2, 0) is 0 Å². The van der Waals surface area contributed by atoms with Gasteiger partial charge >= 0.3 is 0 Å². The third-order valence-electron chi connectivity index (χ3n) is 4.42. The topological polar surface area (TPSA) is 27.3 Å². The molecule has 3 aliphatic heterocycles. The van der Waals surface area contributed by atoms with Crippen molar-refractivity contribution in [3.63, 3.8) is 0 Å². The van der Waals surface area contributed by atoms with Gasteiger partial charge in [-0.25, -0.2) is 9.82 Å². The summed E-state index contributed by atoms with van der Waals surface area (Å²) < 4.78 is 13.5. The normalized spacial score (nSPS) is 25.8. The zero-order valence-corrected chi connectivity index (χ0v) is 12.4. The number of halogens is 1. The SMILES string of the molecule is Cc1cc(C2NC=CC=C2C2=CC3CNN3C=C2)ccc1F. The van der Waals surface area contributed by atoms with E-state index in [9.17, 15) is 4.39 Å². The van der Waals surface area contributed by atoms with E-state index in [1.165, 1.54) is 11.1 Å². The first kappa shape index (κ1) is 13.3. The summed E-state index contributed by atoms with van der Waals surface area (Å²) in [5.74, 6) is -0.159. The fourth-order valence-electron chi connectivity index (χ4n) is 3.10. The van der Waals surface area contributed by atoms with Crippen molar-refractivity contribution >= 4 is 0 Å². The third kappa shape index (κ3) is 2.16. The molecule has 3 nitrogen and oxygen atoms in total. The molecule has 0 aliphatic carbocycles. The van der Waals surface area contributed by atoms with Crippen LogP contribution in [0.5, 0.6) is 0 Å². The smallest absolute Gasteiger partial charge is 0.126 e. The van der Waals surface area contributed by atoms with Crippen LogP contribution in [0, 0.1) is 12.7 Å². The molecule has 0 aromatic heterocycles. The fourth-order valence-corrected chi connectivity index (χ4v) is 3.10. The molecule has 1 saturated heterocycles. The summed E-state index contributed by atoms with van der Waals surface area (Å²) in [4.78, 5) is 0. The summed E-state index contributed by atoms with van der Waals surface area (Å²) in [6.07, 6.45) is 12.6. The Morgan fingerprint density at radius 1 is 1.32 bits per heavy atom. The summed E-state index contributed by atoms with van der Waals surface area (Å²) in [7, 11) is 0. The maximum absolute atomic E-state index is 13.5. The molecule has 0 spiro atoms. The molecule has 22 heavy (non-hydrogen) atoms. The number of allylic oxidation sites excluding steroid dienone is 3. The molecular weight excluding hydrogens is 277 g/mol. The number of hydrogen-bond acceptors (Lipinski definition) is 3. The second-order valence-corrected chi connectivity index (χ2v) is 5.86. The minimum Gasteiger partial charge on any atom is -0.380 e. The highest BCUT2D eigenvalue weighted by atomic mass is 19.1. The van der Waals surface area contributed by atoms with Gasteiger partial charge in [0.05, 0.1) is 12.1 Å². The summed E-state index contributed by atoms with van der Waals surface area (Å²) in [5, 5.41) is 5.50. The van der Waals surface area contributed by atoms with E-state index < -0.39 is 0 Å². The number of hydrogen-bond donors (Lipinski definition) is 2. The quantitative estimate of drug-likeness (QED) is 0.878. The molecule has 1 fully saturated rings. The number of rotatable bonds is 2. The predicted octanol–water partition coefficient (Wildman–Crippen LogP) is 2.86. The Hall–Kier alpha value is -2.33. The Labute approximate surface area is 129 Å². The molecule has 0 amide bonds. The van der Waals surface area contributed by atoms with Crippen molar-refractivity contribution in [2.75, 3.05) is 6.54 Å². The average molecular weight is 295 g/mol. The van der Waals surface area contributed by atoms with Crippen molar-refractivity contribution in [1.29, 1.82) is 0 Å². The van der Waals surface area contributed by atoms with Crippen LogP contribution in [0.25, 0.3) is 0 Å². The standard InChI is InChI=1S/C18H18FN3/c1-12-9-14(4-5-17(12)19)18-16(3-2-7-20-18)13-6-8-22-15(10-13)11-21-22/h2-10,15,18,20-21H,11H2,1H3. The Balaban J connectivity index is 1.68. The molecule has 3 heterocycles. The molecule has 2 unspecified atom stereocenters. The van der Waals surface area contributed by atoms with E-state index in [0.717, 1.165) is 12.1 Å². The van der Waals surface area contributed by atoms with Gasteiger partial charge in [-0.2, -0.15) is 0 Å². The predicted molar refractivity (Wildman–Crippen MR) is 85.1 cm³/mol. The van der Waals surface area contributed by atoms with Crippen LogP contribution in [0.4, 0.5) is 4.39 Å². The van der Waals surface area contributed by atoms with Gasteiger partial charge in [0.15, 0.2) is 0 Å². The highest BCUT2D eigenvalue weighted by Crippen LogP contribution is 2.33. The fraction of sp³-hybridized carbons (Fsp3) is 0.222. The van der Waals surface area contributed by atoms with Crippen molar-refractivity contribution in [1.82, 2.24) is 15.8 Å². The van der Waals surface area contributed by atoms with Crippen molar-refractivity contribution in [3.8, 4) is 0 Å². The minimum absolute atomic E-state index is 0.0554. The van der Waals surface area contributed by atoms with Gasteiger partial charge in [-0.15, -0.1) is 0 Å². The van der Waals surface area contributed by atoms with Crippen molar-refractivity contribution in [3.05, 3.63) is 83.0 Å². The lowest BCUT2D eigenvalue weighted by Crippen LogP contribution is -2.59. The van der Waals surface area contributed by atoms with Crippen LogP contribution in [-0.4, -0.2) is 17.6 Å². The van der Waals surface area contributed by atoms with Crippen molar-refractivity contribution < 1.29 is 4.39 Å². The molecule has 2 N–H and O–H groups in total. The number of hydrazine groups is 1. The van der Waals surface area contributed by atoms with E-state index >= 15 is 0 Å². The molecule has 0 saturated carbocycles. The lowest BCUT2D eigenvalue weighted by molar-refractivity contribution is 0.114. The van der Waals surface area contributed by atoms with Crippen LogP contribution in [0.3, 0.4) is 0 Å². The molecule has 4 heteroatoms. The maximum Gasteiger partial charge on any atom is 0.126 e. The van der Waals surface area contributed by atoms with Gasteiger partial charge in [-0.3, -0.25) is 0 Å². The molecule has 1 aromatic carbocycles. The number of benzene rings is 1. The van der Waals surface area contributed by atoms with Crippen molar-refractivity contribution in [2.24, 2.45) is 0 Å². The molecule has 3 aliphatic rings. The molecule has 0 radical (unpaired) electrons. The molecule has 1 aromatic rings. The largest absolute Gasteiger partial charge is 0.380 e. The molecule has 112 valence electrons. The lowest BCUT2D eigenvalue weighted by atomic mass is 9.88. The number of dihydropyridines is 1. The number of nitrogens with zero attached hydrogens (tertiary/aromatic N) is 1. The minimum atomic E-state index is -0.159. The molecule has 2 atom stereocenters. The van der Waals surface area contributed by atoms with E-state index in [0.29, 0.717) is 11.6 Å². The monoisotopic (exact) mass is 295 g/mol. The Morgan fingerprint density at radius 2 is 2.23 bits per heavy atom. The van der Waals surface area contributed by atoms with Gasteiger partial charge in [-0.05, 0) is 53.6 Å². The van der Waals surface area contributed by atoms with E-state index in [-0.39, 0.29) is 11.9 Å².